The number of carbonyl (C=O) groups is 3. The van der Waals surface area contributed by atoms with Crippen LogP contribution in [0.5, 0.6) is 5.75 Å². The van der Waals surface area contributed by atoms with E-state index in [1.165, 1.54) is 7.11 Å². The number of esters is 1. The summed E-state index contributed by atoms with van der Waals surface area (Å²) in [7, 11) is 1.53. The fourth-order valence-corrected chi connectivity index (χ4v) is 2.61. The summed E-state index contributed by atoms with van der Waals surface area (Å²) < 4.78 is 10.3. The van der Waals surface area contributed by atoms with Crippen LogP contribution in [0.3, 0.4) is 0 Å². The molecule has 2 aromatic rings. The number of nitrogens with one attached hydrogen (secondary N) is 1. The van der Waals surface area contributed by atoms with Crippen LogP contribution in [0.15, 0.2) is 48.5 Å². The Morgan fingerprint density at radius 1 is 1.00 bits per heavy atom. The van der Waals surface area contributed by atoms with E-state index in [0.29, 0.717) is 29.0 Å². The number of Topliss-reactive ketones (excluding diaryl/α,β-unsaturated/α-hetero) is 1. The van der Waals surface area contributed by atoms with Crippen LogP contribution in [0.2, 0.25) is 0 Å². The van der Waals surface area contributed by atoms with Crippen molar-refractivity contribution in [2.45, 2.75) is 26.7 Å². The van der Waals surface area contributed by atoms with E-state index in [4.69, 9.17) is 9.47 Å². The molecule has 0 aliphatic rings. The molecule has 0 aliphatic heterocycles. The van der Waals surface area contributed by atoms with Gasteiger partial charge in [0.2, 0.25) is 5.91 Å². The van der Waals surface area contributed by atoms with E-state index in [1.807, 2.05) is 19.9 Å². The fourth-order valence-electron chi connectivity index (χ4n) is 2.61. The molecule has 0 radical (unpaired) electrons. The summed E-state index contributed by atoms with van der Waals surface area (Å²) in [6.45, 7) is 3.60. The maximum atomic E-state index is 12.2. The van der Waals surface area contributed by atoms with Gasteiger partial charge in [0.05, 0.1) is 13.5 Å². The monoisotopic (exact) mass is 383 g/mol. The van der Waals surface area contributed by atoms with Crippen LogP contribution < -0.4 is 10.1 Å². The van der Waals surface area contributed by atoms with Gasteiger partial charge in [-0.2, -0.15) is 0 Å². The number of rotatable bonds is 9. The predicted octanol–water partition coefficient (Wildman–Crippen LogP) is 3.65. The normalized spacial score (nSPS) is 10.4. The van der Waals surface area contributed by atoms with E-state index in [9.17, 15) is 14.4 Å². The summed E-state index contributed by atoms with van der Waals surface area (Å²) in [5.74, 6) is -0.0181. The van der Waals surface area contributed by atoms with Crippen LogP contribution >= 0.6 is 0 Å². The maximum Gasteiger partial charge on any atom is 0.310 e. The Morgan fingerprint density at radius 2 is 1.68 bits per heavy atom. The molecule has 28 heavy (non-hydrogen) atoms. The average molecular weight is 383 g/mol. The number of methoxy groups -OCH3 is 1. The second-order valence-corrected chi connectivity index (χ2v) is 6.80. The third kappa shape index (κ3) is 6.54. The maximum absolute atomic E-state index is 12.2. The third-order valence-electron chi connectivity index (χ3n) is 3.98. The Hall–Kier alpha value is -3.15. The molecule has 0 spiro atoms. The second-order valence-electron chi connectivity index (χ2n) is 6.80. The summed E-state index contributed by atoms with van der Waals surface area (Å²) in [5.41, 5.74) is 1.73. The number of amides is 1. The van der Waals surface area contributed by atoms with Gasteiger partial charge in [-0.1, -0.05) is 32.0 Å². The summed E-state index contributed by atoms with van der Waals surface area (Å²) in [6.07, 6.45) is 0.459. The smallest absolute Gasteiger partial charge is 0.310 e. The number of anilines is 1. The quantitative estimate of drug-likeness (QED) is 0.528. The Kier molecular flexibility index (Phi) is 7.75. The van der Waals surface area contributed by atoms with Crippen molar-refractivity contribution in [2.24, 2.45) is 5.92 Å². The molecule has 0 unspecified atom stereocenters. The van der Waals surface area contributed by atoms with Gasteiger partial charge in [0.1, 0.15) is 5.75 Å². The van der Waals surface area contributed by atoms with E-state index >= 15 is 0 Å². The number of ketones is 1. The van der Waals surface area contributed by atoms with E-state index in [1.54, 1.807) is 42.5 Å². The standard InChI is InChI=1S/C22H25NO5/c1-15(2)12-21(25)23-18-10-8-16(9-11-18)19(24)14-28-22(26)13-17-6-4-5-7-20(17)27-3/h4-11,15H,12-14H2,1-3H3,(H,23,25). The first-order valence-corrected chi connectivity index (χ1v) is 9.09. The van der Waals surface area contributed by atoms with Gasteiger partial charge in [-0.05, 0) is 36.2 Å². The van der Waals surface area contributed by atoms with Crippen molar-refractivity contribution in [3.63, 3.8) is 0 Å². The molecule has 6 heteroatoms. The molecule has 1 amide bonds. The zero-order chi connectivity index (χ0) is 20.5. The molecule has 2 aromatic carbocycles. The molecular weight excluding hydrogens is 358 g/mol. The topological polar surface area (TPSA) is 81.7 Å². The number of ether oxygens (including phenoxy) is 2. The second kappa shape index (κ2) is 10.3. The van der Waals surface area contributed by atoms with Crippen molar-refractivity contribution in [1.29, 1.82) is 0 Å². The molecule has 0 atom stereocenters. The largest absolute Gasteiger partial charge is 0.496 e. The summed E-state index contributed by atoms with van der Waals surface area (Å²) in [4.78, 5) is 36.0. The molecule has 0 saturated heterocycles. The lowest BCUT2D eigenvalue weighted by Gasteiger charge is -2.09. The first kappa shape index (κ1) is 21.2. The van der Waals surface area contributed by atoms with Crippen LogP contribution in [0.4, 0.5) is 5.69 Å². The van der Waals surface area contributed by atoms with Crippen molar-refractivity contribution in [2.75, 3.05) is 19.0 Å². The van der Waals surface area contributed by atoms with Crippen molar-refractivity contribution in [1.82, 2.24) is 0 Å². The molecule has 1 N–H and O–H groups in total. The summed E-state index contributed by atoms with van der Waals surface area (Å²) in [6, 6.07) is 13.7. The van der Waals surface area contributed by atoms with Crippen molar-refractivity contribution in [3.05, 3.63) is 59.7 Å². The van der Waals surface area contributed by atoms with Gasteiger partial charge in [-0.3, -0.25) is 14.4 Å². The van der Waals surface area contributed by atoms with Crippen LogP contribution in [-0.2, 0) is 20.7 Å². The molecule has 0 saturated carbocycles. The number of para-hydroxylation sites is 1. The van der Waals surface area contributed by atoms with Crippen molar-refractivity contribution < 1.29 is 23.9 Å². The van der Waals surface area contributed by atoms with Gasteiger partial charge < -0.3 is 14.8 Å². The van der Waals surface area contributed by atoms with Crippen LogP contribution in [0.25, 0.3) is 0 Å². The van der Waals surface area contributed by atoms with Crippen molar-refractivity contribution >= 4 is 23.3 Å². The number of hydrogen-bond donors (Lipinski definition) is 1. The SMILES string of the molecule is COc1ccccc1CC(=O)OCC(=O)c1ccc(NC(=O)CC(C)C)cc1. The Labute approximate surface area is 164 Å². The molecule has 0 heterocycles. The molecule has 148 valence electrons. The van der Waals surface area contributed by atoms with Gasteiger partial charge in [-0.25, -0.2) is 0 Å². The van der Waals surface area contributed by atoms with Gasteiger partial charge in [-0.15, -0.1) is 0 Å². The lowest BCUT2D eigenvalue weighted by molar-refractivity contribution is -0.141. The highest BCUT2D eigenvalue weighted by Gasteiger charge is 2.13. The number of benzene rings is 2. The highest BCUT2D eigenvalue weighted by molar-refractivity contribution is 5.99. The van der Waals surface area contributed by atoms with Gasteiger partial charge >= 0.3 is 5.97 Å². The van der Waals surface area contributed by atoms with Crippen LogP contribution in [0.1, 0.15) is 36.2 Å². The van der Waals surface area contributed by atoms with Crippen LogP contribution in [-0.4, -0.2) is 31.4 Å². The van der Waals surface area contributed by atoms with E-state index in [-0.39, 0.29) is 30.6 Å². The number of carbonyl (C=O) groups excluding carboxylic acids is 3. The van der Waals surface area contributed by atoms with Crippen molar-refractivity contribution in [3.8, 4) is 5.75 Å². The fraction of sp³-hybridized carbons (Fsp3) is 0.318. The van der Waals surface area contributed by atoms with Gasteiger partial charge in [0.25, 0.3) is 0 Å². The lowest BCUT2D eigenvalue weighted by Crippen LogP contribution is -2.16. The Bertz CT molecular complexity index is 827. The molecule has 0 fully saturated rings. The van der Waals surface area contributed by atoms with E-state index < -0.39 is 5.97 Å². The molecule has 2 rings (SSSR count). The predicted molar refractivity (Wildman–Crippen MR) is 107 cm³/mol. The third-order valence-corrected chi connectivity index (χ3v) is 3.98. The van der Waals surface area contributed by atoms with Gasteiger partial charge in [0, 0.05) is 23.2 Å². The highest BCUT2D eigenvalue weighted by Crippen LogP contribution is 2.18. The molecule has 0 bridgehead atoms. The minimum absolute atomic E-state index is 0.0259. The zero-order valence-electron chi connectivity index (χ0n) is 16.4. The minimum atomic E-state index is -0.504. The zero-order valence-corrected chi connectivity index (χ0v) is 16.4. The molecule has 0 aliphatic carbocycles. The first-order valence-electron chi connectivity index (χ1n) is 9.09. The Balaban J connectivity index is 1.85. The molecular formula is C22H25NO5. The van der Waals surface area contributed by atoms with Gasteiger partial charge in [0.15, 0.2) is 12.4 Å². The lowest BCUT2D eigenvalue weighted by atomic mass is 10.1. The summed E-state index contributed by atoms with van der Waals surface area (Å²) in [5, 5.41) is 2.78. The number of hydrogen-bond acceptors (Lipinski definition) is 5. The highest BCUT2D eigenvalue weighted by atomic mass is 16.5. The average Bonchev–Trinajstić information content (AvgIpc) is 2.66. The minimum Gasteiger partial charge on any atom is -0.496 e. The summed E-state index contributed by atoms with van der Waals surface area (Å²) >= 11 is 0. The van der Waals surface area contributed by atoms with E-state index in [0.717, 1.165) is 0 Å². The molecule has 6 nitrogen and oxygen atoms in total. The van der Waals surface area contributed by atoms with E-state index in [2.05, 4.69) is 5.32 Å². The Morgan fingerprint density at radius 3 is 2.32 bits per heavy atom. The van der Waals surface area contributed by atoms with Crippen LogP contribution in [0, 0.1) is 5.92 Å². The molecule has 0 aromatic heterocycles. The first-order chi connectivity index (χ1) is 13.4.